The molecule has 1 atom stereocenters. The molecule has 1 aliphatic rings. The number of rotatable bonds is 5. The van der Waals surface area contributed by atoms with Gasteiger partial charge in [0, 0.05) is 0 Å². The number of anilines is 1. The van der Waals surface area contributed by atoms with Gasteiger partial charge in [-0.2, -0.15) is 13.2 Å². The molecule has 1 aromatic heterocycles. The summed E-state index contributed by atoms with van der Waals surface area (Å²) in [6, 6.07) is 0.828. The Morgan fingerprint density at radius 2 is 1.90 bits per heavy atom. The molecule has 12 heteroatoms. The maximum absolute atomic E-state index is 13.4. The summed E-state index contributed by atoms with van der Waals surface area (Å²) >= 11 is 0.390. The zero-order valence-electron chi connectivity index (χ0n) is 15.6. The summed E-state index contributed by atoms with van der Waals surface area (Å²) in [5.74, 6) is -2.99. The van der Waals surface area contributed by atoms with Crippen LogP contribution >= 0.6 is 11.3 Å². The van der Waals surface area contributed by atoms with E-state index in [1.165, 1.54) is 13.0 Å². The summed E-state index contributed by atoms with van der Waals surface area (Å²) in [6.45, 7) is 3.67. The van der Waals surface area contributed by atoms with Gasteiger partial charge in [0.2, 0.25) is 9.84 Å². The van der Waals surface area contributed by atoms with Gasteiger partial charge in [0.25, 0.3) is 11.8 Å². The van der Waals surface area contributed by atoms with Gasteiger partial charge in [-0.3, -0.25) is 9.59 Å². The largest absolute Gasteiger partial charge is 0.417 e. The minimum atomic E-state index is -4.89. The van der Waals surface area contributed by atoms with Crippen LogP contribution < -0.4 is 11.1 Å². The second-order valence-electron chi connectivity index (χ2n) is 7.00. The number of amides is 2. The number of allylic oxidation sites excluding steroid dienone is 4. The lowest BCUT2D eigenvalue weighted by atomic mass is 9.97. The fourth-order valence-electron chi connectivity index (χ4n) is 2.63. The molecule has 2 rings (SSSR count). The summed E-state index contributed by atoms with van der Waals surface area (Å²) in [6.07, 6.45) is -2.85. The molecule has 1 aliphatic carbocycles. The second kappa shape index (κ2) is 7.58. The molecule has 0 aromatic carbocycles. The number of hydrogen-bond donors (Lipinski definition) is 3. The molecular formula is C17H19F3N2O5S2. The number of sulfone groups is 1. The first-order chi connectivity index (χ1) is 13.1. The third-order valence-electron chi connectivity index (χ3n) is 4.10. The zero-order valence-corrected chi connectivity index (χ0v) is 17.3. The quantitative estimate of drug-likeness (QED) is 0.633. The van der Waals surface area contributed by atoms with Crippen molar-refractivity contribution in [2.45, 2.75) is 43.2 Å². The normalized spacial score (nSPS) is 18.1. The van der Waals surface area contributed by atoms with Gasteiger partial charge in [-0.1, -0.05) is 19.1 Å². The van der Waals surface area contributed by atoms with E-state index in [1.807, 2.05) is 0 Å². The second-order valence-corrected chi connectivity index (χ2v) is 10.2. The lowest BCUT2D eigenvalue weighted by Crippen LogP contribution is -2.36. The number of carbonyl (C=O) groups is 2. The summed E-state index contributed by atoms with van der Waals surface area (Å²) in [5.41, 5.74) is 1.69. The van der Waals surface area contributed by atoms with Crippen LogP contribution in [-0.2, 0) is 14.6 Å². The molecule has 1 aromatic rings. The number of halogens is 3. The predicted molar refractivity (Wildman–Crippen MR) is 101 cm³/mol. The van der Waals surface area contributed by atoms with E-state index >= 15 is 0 Å². The van der Waals surface area contributed by atoms with Crippen molar-refractivity contribution in [3.63, 3.8) is 0 Å². The van der Waals surface area contributed by atoms with Crippen molar-refractivity contribution in [3.05, 3.63) is 34.3 Å². The topological polar surface area (TPSA) is 127 Å². The number of aliphatic hydroxyl groups is 1. The van der Waals surface area contributed by atoms with Crippen LogP contribution in [0, 0.1) is 5.92 Å². The Labute approximate surface area is 169 Å². The first-order valence-electron chi connectivity index (χ1n) is 8.27. The van der Waals surface area contributed by atoms with Gasteiger partial charge in [-0.05, 0) is 32.3 Å². The Morgan fingerprint density at radius 3 is 2.38 bits per heavy atom. The van der Waals surface area contributed by atoms with Crippen LogP contribution in [0.4, 0.5) is 18.2 Å². The molecule has 4 N–H and O–H groups in total. The minimum Gasteiger partial charge on any atom is -0.381 e. The molecule has 0 fully saturated rings. The molecule has 0 saturated heterocycles. The summed E-state index contributed by atoms with van der Waals surface area (Å²) in [4.78, 5) is 22.8. The van der Waals surface area contributed by atoms with E-state index in [2.05, 4.69) is 5.32 Å². The third kappa shape index (κ3) is 4.70. The average Bonchev–Trinajstić information content (AvgIpc) is 2.97. The Balaban J connectivity index is 2.65. The van der Waals surface area contributed by atoms with E-state index in [1.54, 1.807) is 0 Å². The van der Waals surface area contributed by atoms with E-state index < -0.39 is 54.0 Å². The molecule has 2 amide bonds. The Kier molecular flexibility index (Phi) is 6.04. The Hall–Kier alpha value is -2.18. The van der Waals surface area contributed by atoms with Crippen LogP contribution in [0.5, 0.6) is 0 Å². The molecule has 0 saturated carbocycles. The van der Waals surface area contributed by atoms with Crippen LogP contribution in [0.2, 0.25) is 0 Å². The highest BCUT2D eigenvalue weighted by molar-refractivity contribution is 7.97. The van der Waals surface area contributed by atoms with E-state index in [0.29, 0.717) is 17.4 Å². The molecule has 0 aliphatic heterocycles. The highest BCUT2D eigenvalue weighted by atomic mass is 32.2. The van der Waals surface area contributed by atoms with E-state index in [0.717, 1.165) is 19.9 Å². The van der Waals surface area contributed by atoms with Gasteiger partial charge in [0.05, 0.1) is 16.0 Å². The van der Waals surface area contributed by atoms with Gasteiger partial charge in [0.1, 0.15) is 14.8 Å². The molecule has 0 radical (unpaired) electrons. The van der Waals surface area contributed by atoms with Gasteiger partial charge >= 0.3 is 6.18 Å². The third-order valence-corrected chi connectivity index (χ3v) is 7.71. The standard InChI is InChI=1S/C17H19F3N2O5S2/c1-8-5-4-6-10(17(18,19)20)12(8)29(26,27)11-7-9(13(21)23)14(28-11)22-15(24)16(2,3)25/h4,6-8,25H,5H2,1-3H3,(H2,21,23)(H,22,24). The maximum atomic E-state index is 13.4. The molecular weight excluding hydrogens is 433 g/mol. The van der Waals surface area contributed by atoms with Crippen molar-refractivity contribution >= 4 is 38.0 Å². The molecule has 7 nitrogen and oxygen atoms in total. The summed E-state index contributed by atoms with van der Waals surface area (Å²) < 4.78 is 65.7. The number of hydrogen-bond acceptors (Lipinski definition) is 6. The molecule has 0 bridgehead atoms. The number of thiophene rings is 1. The van der Waals surface area contributed by atoms with Crippen molar-refractivity contribution in [1.29, 1.82) is 0 Å². The minimum absolute atomic E-state index is 0.0878. The number of carbonyl (C=O) groups excluding carboxylic acids is 2. The van der Waals surface area contributed by atoms with E-state index in [-0.39, 0.29) is 17.0 Å². The molecule has 1 heterocycles. The first-order valence-corrected chi connectivity index (χ1v) is 10.6. The summed E-state index contributed by atoms with van der Waals surface area (Å²) in [7, 11) is -4.64. The lowest BCUT2D eigenvalue weighted by Gasteiger charge is -2.23. The fraction of sp³-hybridized carbons (Fsp3) is 0.412. The van der Waals surface area contributed by atoms with Crippen molar-refractivity contribution in [2.24, 2.45) is 11.7 Å². The highest BCUT2D eigenvalue weighted by Gasteiger charge is 2.42. The van der Waals surface area contributed by atoms with E-state index in [4.69, 9.17) is 5.73 Å². The number of primary amides is 1. The van der Waals surface area contributed by atoms with Crippen molar-refractivity contribution in [1.82, 2.24) is 0 Å². The van der Waals surface area contributed by atoms with Crippen LogP contribution in [-0.4, -0.2) is 37.1 Å². The summed E-state index contributed by atoms with van der Waals surface area (Å²) in [5, 5.41) is 11.6. The highest BCUT2D eigenvalue weighted by Crippen LogP contribution is 2.43. The predicted octanol–water partition coefficient (Wildman–Crippen LogP) is 2.74. The monoisotopic (exact) mass is 452 g/mol. The first kappa shape index (κ1) is 23.1. The van der Waals surface area contributed by atoms with Crippen molar-refractivity contribution in [3.8, 4) is 0 Å². The van der Waals surface area contributed by atoms with Crippen LogP contribution in [0.1, 0.15) is 37.6 Å². The van der Waals surface area contributed by atoms with Crippen LogP contribution in [0.15, 0.2) is 32.9 Å². The van der Waals surface area contributed by atoms with E-state index in [9.17, 15) is 36.3 Å². The van der Waals surface area contributed by atoms with Gasteiger partial charge in [-0.25, -0.2) is 8.42 Å². The Bertz CT molecular complexity index is 1010. The fourth-order valence-corrected chi connectivity index (χ4v) is 5.97. The number of nitrogens with two attached hydrogens (primary N) is 1. The van der Waals surface area contributed by atoms with Crippen molar-refractivity contribution in [2.75, 3.05) is 5.32 Å². The Morgan fingerprint density at radius 1 is 1.31 bits per heavy atom. The van der Waals surface area contributed by atoms with Crippen molar-refractivity contribution < 1.29 is 36.3 Å². The van der Waals surface area contributed by atoms with Gasteiger partial charge in [0.15, 0.2) is 0 Å². The van der Waals surface area contributed by atoms with Gasteiger partial charge < -0.3 is 16.2 Å². The molecule has 160 valence electrons. The molecule has 1 unspecified atom stereocenters. The molecule has 0 spiro atoms. The smallest absolute Gasteiger partial charge is 0.381 e. The molecule has 29 heavy (non-hydrogen) atoms. The lowest BCUT2D eigenvalue weighted by molar-refractivity contribution is -0.130. The van der Waals surface area contributed by atoms with Crippen LogP contribution in [0.3, 0.4) is 0 Å². The maximum Gasteiger partial charge on any atom is 0.417 e. The van der Waals surface area contributed by atoms with Crippen LogP contribution in [0.25, 0.3) is 0 Å². The van der Waals surface area contributed by atoms with Gasteiger partial charge in [-0.15, -0.1) is 11.3 Å². The average molecular weight is 452 g/mol. The number of nitrogens with one attached hydrogen (secondary N) is 1. The SMILES string of the molecule is CC1CC=CC(C(F)(F)F)=C1S(=O)(=O)c1cc(C(N)=O)c(NC(=O)C(C)(C)O)s1. The zero-order chi connectivity index (χ0) is 22.4. The number of alkyl halides is 3.